The second kappa shape index (κ2) is 8.64. The van der Waals surface area contributed by atoms with Crippen molar-refractivity contribution in [2.45, 2.75) is 6.92 Å². The highest BCUT2D eigenvalue weighted by atomic mass is 32.1. The lowest BCUT2D eigenvalue weighted by molar-refractivity contribution is -0.385. The Morgan fingerprint density at radius 3 is 2.44 bits per heavy atom. The van der Waals surface area contributed by atoms with Gasteiger partial charge in [0.1, 0.15) is 5.75 Å². The van der Waals surface area contributed by atoms with Crippen molar-refractivity contribution < 1.29 is 19.2 Å². The summed E-state index contributed by atoms with van der Waals surface area (Å²) in [7, 11) is 2.86. The molecule has 4 aromatic rings. The van der Waals surface area contributed by atoms with Crippen LogP contribution in [-0.4, -0.2) is 30.0 Å². The second-order valence-corrected chi connectivity index (χ2v) is 7.93. The van der Waals surface area contributed by atoms with E-state index in [1.165, 1.54) is 48.7 Å². The molecular weight excluding hydrogens is 430 g/mol. The predicted molar refractivity (Wildman–Crippen MR) is 123 cm³/mol. The molecule has 32 heavy (non-hydrogen) atoms. The van der Waals surface area contributed by atoms with Crippen molar-refractivity contribution in [2.24, 2.45) is 0 Å². The number of methoxy groups -OCH3 is 2. The number of rotatable bonds is 6. The number of aromatic nitrogens is 1. The molecule has 1 amide bonds. The Morgan fingerprint density at radius 1 is 1.03 bits per heavy atom. The van der Waals surface area contributed by atoms with Gasteiger partial charge in [-0.2, -0.15) is 0 Å². The lowest BCUT2D eigenvalue weighted by Gasteiger charge is -2.23. The summed E-state index contributed by atoms with van der Waals surface area (Å²) in [5.74, 6) is 0.0798. The molecule has 1 aromatic heterocycles. The third kappa shape index (κ3) is 3.85. The van der Waals surface area contributed by atoms with E-state index >= 15 is 0 Å². The number of thiazole rings is 1. The maximum Gasteiger partial charge on any atom is 0.311 e. The molecule has 162 valence electrons. The van der Waals surface area contributed by atoms with Crippen LogP contribution in [0.3, 0.4) is 0 Å². The summed E-state index contributed by atoms with van der Waals surface area (Å²) >= 11 is 1.35. The first-order valence-electron chi connectivity index (χ1n) is 9.60. The van der Waals surface area contributed by atoms with Gasteiger partial charge in [0, 0.05) is 11.6 Å². The van der Waals surface area contributed by atoms with Gasteiger partial charge in [-0.1, -0.05) is 29.5 Å². The Kier molecular flexibility index (Phi) is 5.74. The van der Waals surface area contributed by atoms with E-state index in [1.54, 1.807) is 6.07 Å². The Hall–Kier alpha value is -3.98. The number of benzene rings is 3. The molecule has 0 bridgehead atoms. The molecule has 0 aliphatic heterocycles. The van der Waals surface area contributed by atoms with Crippen LogP contribution in [0.5, 0.6) is 11.5 Å². The topological polar surface area (TPSA) is 94.8 Å². The first-order chi connectivity index (χ1) is 15.4. The zero-order chi connectivity index (χ0) is 22.8. The van der Waals surface area contributed by atoms with E-state index in [0.29, 0.717) is 16.6 Å². The number of nitrogens with zero attached hydrogens (tertiary/aromatic N) is 3. The molecule has 1 heterocycles. The van der Waals surface area contributed by atoms with E-state index in [-0.39, 0.29) is 17.0 Å². The summed E-state index contributed by atoms with van der Waals surface area (Å²) in [5.41, 5.74) is 1.99. The number of carbonyl (C=O) groups is 1. The first-order valence-corrected chi connectivity index (χ1v) is 10.4. The fourth-order valence-corrected chi connectivity index (χ4v) is 4.30. The van der Waals surface area contributed by atoms with Gasteiger partial charge in [-0.25, -0.2) is 9.88 Å². The van der Waals surface area contributed by atoms with Crippen molar-refractivity contribution in [2.75, 3.05) is 19.1 Å². The summed E-state index contributed by atoms with van der Waals surface area (Å²) in [6.45, 7) is 1.90. The molecule has 8 nitrogen and oxygen atoms in total. The smallest absolute Gasteiger partial charge is 0.311 e. The van der Waals surface area contributed by atoms with E-state index in [2.05, 4.69) is 4.98 Å². The molecule has 3 aromatic carbocycles. The molecule has 0 spiro atoms. The number of nitro benzene ring substituents is 1. The average Bonchev–Trinajstić information content (AvgIpc) is 3.22. The van der Waals surface area contributed by atoms with Gasteiger partial charge < -0.3 is 9.47 Å². The second-order valence-electron chi connectivity index (χ2n) is 6.92. The van der Waals surface area contributed by atoms with Crippen LogP contribution in [0.4, 0.5) is 16.5 Å². The first kappa shape index (κ1) is 21.3. The molecule has 0 saturated heterocycles. The van der Waals surface area contributed by atoms with Crippen LogP contribution in [0.25, 0.3) is 10.2 Å². The molecule has 0 N–H and O–H groups in total. The third-order valence-corrected chi connectivity index (χ3v) is 5.90. The molecule has 0 atom stereocenters. The molecule has 0 unspecified atom stereocenters. The predicted octanol–water partition coefficient (Wildman–Crippen LogP) is 5.51. The fourth-order valence-electron chi connectivity index (χ4n) is 3.32. The van der Waals surface area contributed by atoms with Crippen LogP contribution >= 0.6 is 11.3 Å². The zero-order valence-corrected chi connectivity index (χ0v) is 18.4. The van der Waals surface area contributed by atoms with Crippen LogP contribution < -0.4 is 14.4 Å². The van der Waals surface area contributed by atoms with Gasteiger partial charge in [-0.15, -0.1) is 0 Å². The van der Waals surface area contributed by atoms with Crippen molar-refractivity contribution in [3.05, 3.63) is 81.9 Å². The summed E-state index contributed by atoms with van der Waals surface area (Å²) in [6.07, 6.45) is 0. The van der Waals surface area contributed by atoms with Gasteiger partial charge in [0.15, 0.2) is 10.9 Å². The summed E-state index contributed by atoms with van der Waals surface area (Å²) in [5, 5.41) is 11.9. The van der Waals surface area contributed by atoms with Crippen LogP contribution in [0, 0.1) is 17.0 Å². The van der Waals surface area contributed by atoms with E-state index in [0.717, 1.165) is 15.8 Å². The maximum atomic E-state index is 13.8. The SMILES string of the molecule is COc1ccc(C)cc1N(C(=O)c1ccc(OC)c([N+](=O)[O-])c1)c1nc2ccccc2s1. The summed E-state index contributed by atoms with van der Waals surface area (Å²) in [6, 6.07) is 17.1. The number of hydrogen-bond donors (Lipinski definition) is 0. The molecule has 0 aliphatic rings. The lowest BCUT2D eigenvalue weighted by atomic mass is 10.1. The van der Waals surface area contributed by atoms with Crippen molar-refractivity contribution in [3.63, 3.8) is 0 Å². The Labute approximate surface area is 187 Å². The van der Waals surface area contributed by atoms with Gasteiger partial charge in [-0.05, 0) is 48.9 Å². The molecule has 9 heteroatoms. The minimum atomic E-state index is -0.578. The minimum Gasteiger partial charge on any atom is -0.495 e. The van der Waals surface area contributed by atoms with Crippen LogP contribution in [-0.2, 0) is 0 Å². The number of aryl methyl sites for hydroxylation is 1. The Morgan fingerprint density at radius 2 is 1.75 bits per heavy atom. The molecule has 0 aliphatic carbocycles. The highest BCUT2D eigenvalue weighted by Gasteiger charge is 2.28. The van der Waals surface area contributed by atoms with Crippen LogP contribution in [0.15, 0.2) is 60.7 Å². The number of carbonyl (C=O) groups excluding carboxylic acids is 1. The number of para-hydroxylation sites is 1. The molecule has 4 rings (SSSR count). The van der Waals surface area contributed by atoms with E-state index < -0.39 is 10.8 Å². The number of anilines is 2. The van der Waals surface area contributed by atoms with Gasteiger partial charge in [-0.3, -0.25) is 14.9 Å². The molecule has 0 fully saturated rings. The van der Waals surface area contributed by atoms with Gasteiger partial charge in [0.2, 0.25) is 0 Å². The number of hydrogen-bond acceptors (Lipinski definition) is 7. The van der Waals surface area contributed by atoms with E-state index in [1.807, 2.05) is 43.3 Å². The number of nitro groups is 1. The quantitative estimate of drug-likeness (QED) is 0.285. The average molecular weight is 449 g/mol. The van der Waals surface area contributed by atoms with Gasteiger partial charge in [0.05, 0.1) is 35.0 Å². The highest BCUT2D eigenvalue weighted by molar-refractivity contribution is 7.22. The number of ether oxygens (including phenoxy) is 2. The molecule has 0 saturated carbocycles. The molecule has 0 radical (unpaired) electrons. The maximum absolute atomic E-state index is 13.8. The fraction of sp³-hybridized carbons (Fsp3) is 0.130. The monoisotopic (exact) mass is 449 g/mol. The molecular formula is C23H19N3O5S. The van der Waals surface area contributed by atoms with E-state index in [9.17, 15) is 14.9 Å². The normalized spacial score (nSPS) is 10.7. The third-order valence-electron chi connectivity index (χ3n) is 4.87. The van der Waals surface area contributed by atoms with Gasteiger partial charge >= 0.3 is 5.69 Å². The van der Waals surface area contributed by atoms with E-state index in [4.69, 9.17) is 9.47 Å². The minimum absolute atomic E-state index is 0.0752. The van der Waals surface area contributed by atoms with Crippen LogP contribution in [0.1, 0.15) is 15.9 Å². The largest absolute Gasteiger partial charge is 0.495 e. The van der Waals surface area contributed by atoms with Crippen molar-refractivity contribution in [3.8, 4) is 11.5 Å². The highest BCUT2D eigenvalue weighted by Crippen LogP contribution is 2.40. The van der Waals surface area contributed by atoms with Crippen molar-refractivity contribution >= 4 is 44.0 Å². The zero-order valence-electron chi connectivity index (χ0n) is 17.6. The lowest BCUT2D eigenvalue weighted by Crippen LogP contribution is -2.26. The van der Waals surface area contributed by atoms with Crippen molar-refractivity contribution in [1.29, 1.82) is 0 Å². The summed E-state index contributed by atoms with van der Waals surface area (Å²) in [4.78, 5) is 30.7. The summed E-state index contributed by atoms with van der Waals surface area (Å²) < 4.78 is 11.5. The Bertz CT molecular complexity index is 1300. The Balaban J connectivity index is 1.92. The van der Waals surface area contributed by atoms with Gasteiger partial charge in [0.25, 0.3) is 5.91 Å². The number of amides is 1. The van der Waals surface area contributed by atoms with Crippen molar-refractivity contribution in [1.82, 2.24) is 4.98 Å². The number of fused-ring (bicyclic) bond motifs is 1. The van der Waals surface area contributed by atoms with Crippen LogP contribution in [0.2, 0.25) is 0 Å². The standard InChI is InChI=1S/C23H19N3O5S/c1-14-8-10-19(30-2)17(12-14)25(23-24-16-6-4-5-7-21(16)32-23)22(27)15-9-11-20(31-3)18(13-15)26(28)29/h4-13H,1-3H3.